The van der Waals surface area contributed by atoms with Crippen LogP contribution in [0.1, 0.15) is 5.56 Å². The summed E-state index contributed by atoms with van der Waals surface area (Å²) in [6.45, 7) is 0.655. The number of hydrogen-bond donors (Lipinski definition) is 5. The molecular formula is C17H21N5O. The van der Waals surface area contributed by atoms with Crippen LogP contribution in [0, 0.1) is 5.92 Å². The maximum absolute atomic E-state index is 12.5. The van der Waals surface area contributed by atoms with Crippen molar-refractivity contribution in [3.05, 3.63) is 66.2 Å². The first-order valence-electron chi connectivity index (χ1n) is 7.64. The van der Waals surface area contributed by atoms with Crippen LogP contribution in [-0.2, 0) is 11.3 Å². The molecule has 3 rings (SSSR count). The van der Waals surface area contributed by atoms with Crippen LogP contribution in [0.4, 0.5) is 5.69 Å². The third-order valence-corrected chi connectivity index (χ3v) is 3.86. The minimum Gasteiger partial charge on any atom is -0.326 e. The zero-order valence-corrected chi connectivity index (χ0v) is 12.7. The lowest BCUT2D eigenvalue weighted by molar-refractivity contribution is -0.120. The summed E-state index contributed by atoms with van der Waals surface area (Å²) < 4.78 is 0. The van der Waals surface area contributed by atoms with Gasteiger partial charge in [-0.15, -0.1) is 0 Å². The van der Waals surface area contributed by atoms with E-state index in [1.807, 2.05) is 60.7 Å². The molecule has 6 nitrogen and oxygen atoms in total. The number of rotatable bonds is 5. The number of hydrogen-bond acceptors (Lipinski definition) is 5. The molecule has 0 aromatic heterocycles. The van der Waals surface area contributed by atoms with E-state index in [2.05, 4.69) is 21.5 Å². The van der Waals surface area contributed by atoms with Crippen LogP contribution < -0.4 is 27.2 Å². The molecule has 0 bridgehead atoms. The summed E-state index contributed by atoms with van der Waals surface area (Å²) in [7, 11) is 0. The summed E-state index contributed by atoms with van der Waals surface area (Å²) >= 11 is 0. The zero-order chi connectivity index (χ0) is 16.1. The van der Waals surface area contributed by atoms with Crippen LogP contribution in [0.25, 0.3) is 0 Å². The van der Waals surface area contributed by atoms with Gasteiger partial charge in [0.2, 0.25) is 5.91 Å². The Morgan fingerprint density at radius 1 is 1.00 bits per heavy atom. The van der Waals surface area contributed by atoms with Crippen molar-refractivity contribution in [1.29, 1.82) is 0 Å². The Labute approximate surface area is 135 Å². The van der Waals surface area contributed by atoms with Gasteiger partial charge < -0.3 is 11.1 Å². The van der Waals surface area contributed by atoms with E-state index in [-0.39, 0.29) is 12.1 Å². The van der Waals surface area contributed by atoms with E-state index in [1.165, 1.54) is 0 Å². The van der Waals surface area contributed by atoms with Crippen molar-refractivity contribution in [2.75, 3.05) is 5.32 Å². The predicted octanol–water partition coefficient (Wildman–Crippen LogP) is 0.750. The van der Waals surface area contributed by atoms with E-state index in [1.54, 1.807) is 0 Å². The highest BCUT2D eigenvalue weighted by Crippen LogP contribution is 2.15. The van der Waals surface area contributed by atoms with E-state index in [0.717, 1.165) is 11.3 Å². The SMILES string of the molecule is NC1NNC(NCc2ccccc2)C1C(=O)Nc1ccccc1. The molecule has 2 aromatic carbocycles. The summed E-state index contributed by atoms with van der Waals surface area (Å²) in [5.74, 6) is -0.536. The summed E-state index contributed by atoms with van der Waals surface area (Å²) in [5.41, 5.74) is 13.9. The van der Waals surface area contributed by atoms with Gasteiger partial charge in [-0.2, -0.15) is 0 Å². The molecule has 1 aliphatic heterocycles. The van der Waals surface area contributed by atoms with Crippen LogP contribution in [0.3, 0.4) is 0 Å². The molecule has 1 saturated heterocycles. The minimum absolute atomic E-state index is 0.119. The Bertz CT molecular complexity index is 634. The first-order chi connectivity index (χ1) is 11.2. The molecule has 6 heteroatoms. The largest absolute Gasteiger partial charge is 0.326 e. The molecule has 3 unspecified atom stereocenters. The van der Waals surface area contributed by atoms with Crippen molar-refractivity contribution in [3.63, 3.8) is 0 Å². The third-order valence-electron chi connectivity index (χ3n) is 3.86. The molecular weight excluding hydrogens is 290 g/mol. The number of nitrogens with one attached hydrogen (secondary N) is 4. The molecule has 1 amide bonds. The van der Waals surface area contributed by atoms with Gasteiger partial charge in [-0.3, -0.25) is 10.1 Å². The van der Waals surface area contributed by atoms with Crippen molar-refractivity contribution in [2.24, 2.45) is 11.7 Å². The number of carbonyl (C=O) groups is 1. The lowest BCUT2D eigenvalue weighted by atomic mass is 10.0. The van der Waals surface area contributed by atoms with E-state index >= 15 is 0 Å². The monoisotopic (exact) mass is 311 g/mol. The Kier molecular flexibility index (Phi) is 4.99. The van der Waals surface area contributed by atoms with E-state index in [0.29, 0.717) is 6.54 Å². The number of amides is 1. The Hall–Kier alpha value is -2.25. The molecule has 1 heterocycles. The second kappa shape index (κ2) is 7.34. The average Bonchev–Trinajstić information content (AvgIpc) is 2.95. The summed E-state index contributed by atoms with van der Waals surface area (Å²) in [5, 5.41) is 6.23. The maximum atomic E-state index is 12.5. The minimum atomic E-state index is -0.452. The molecule has 120 valence electrons. The van der Waals surface area contributed by atoms with Crippen molar-refractivity contribution in [2.45, 2.75) is 18.9 Å². The van der Waals surface area contributed by atoms with Gasteiger partial charge in [-0.1, -0.05) is 48.5 Å². The molecule has 2 aromatic rings. The fourth-order valence-corrected chi connectivity index (χ4v) is 2.64. The average molecular weight is 311 g/mol. The van der Waals surface area contributed by atoms with Gasteiger partial charge >= 0.3 is 0 Å². The first-order valence-corrected chi connectivity index (χ1v) is 7.64. The number of carbonyl (C=O) groups excluding carboxylic acids is 1. The highest BCUT2D eigenvalue weighted by molar-refractivity contribution is 5.93. The van der Waals surface area contributed by atoms with Crippen LogP contribution in [-0.4, -0.2) is 18.2 Å². The molecule has 3 atom stereocenters. The van der Waals surface area contributed by atoms with Gasteiger partial charge in [-0.05, 0) is 17.7 Å². The van der Waals surface area contributed by atoms with Gasteiger partial charge in [0.25, 0.3) is 0 Å². The number of anilines is 1. The van der Waals surface area contributed by atoms with Gasteiger partial charge in [0, 0.05) is 12.2 Å². The Balaban J connectivity index is 1.62. The van der Waals surface area contributed by atoms with Crippen molar-refractivity contribution in [3.8, 4) is 0 Å². The number of benzene rings is 2. The molecule has 0 spiro atoms. The fourth-order valence-electron chi connectivity index (χ4n) is 2.64. The second-order valence-electron chi connectivity index (χ2n) is 5.54. The summed E-state index contributed by atoms with van der Waals surface area (Å²) in [6.07, 6.45) is -0.694. The normalized spacial score (nSPS) is 23.6. The molecule has 23 heavy (non-hydrogen) atoms. The number of hydrazine groups is 1. The molecule has 1 aliphatic rings. The lowest BCUT2D eigenvalue weighted by Crippen LogP contribution is -2.48. The van der Waals surface area contributed by atoms with E-state index in [9.17, 15) is 4.79 Å². The van der Waals surface area contributed by atoms with Gasteiger partial charge in [0.15, 0.2) is 0 Å². The highest BCUT2D eigenvalue weighted by Gasteiger charge is 2.38. The molecule has 0 aliphatic carbocycles. The summed E-state index contributed by atoms with van der Waals surface area (Å²) in [6, 6.07) is 19.4. The molecule has 1 fully saturated rings. The number of nitrogens with two attached hydrogens (primary N) is 1. The quantitative estimate of drug-likeness (QED) is 0.562. The number of para-hydroxylation sites is 1. The standard InChI is InChI=1S/C17H21N5O/c18-15-14(17(23)20-13-9-5-2-6-10-13)16(22-21-15)19-11-12-7-3-1-4-8-12/h1-10,14-16,19,21-22H,11,18H2,(H,20,23). The first kappa shape index (κ1) is 15.6. The maximum Gasteiger partial charge on any atom is 0.233 e. The predicted molar refractivity (Wildman–Crippen MR) is 89.9 cm³/mol. The molecule has 0 radical (unpaired) electrons. The zero-order valence-electron chi connectivity index (χ0n) is 12.7. The van der Waals surface area contributed by atoms with Crippen LogP contribution in [0.2, 0.25) is 0 Å². The van der Waals surface area contributed by atoms with Gasteiger partial charge in [0.1, 0.15) is 0 Å². The van der Waals surface area contributed by atoms with E-state index < -0.39 is 12.1 Å². The smallest absolute Gasteiger partial charge is 0.233 e. The summed E-state index contributed by atoms with van der Waals surface area (Å²) in [4.78, 5) is 12.5. The third kappa shape index (κ3) is 3.94. The van der Waals surface area contributed by atoms with Crippen LogP contribution in [0.5, 0.6) is 0 Å². The van der Waals surface area contributed by atoms with Crippen molar-refractivity contribution in [1.82, 2.24) is 16.2 Å². The van der Waals surface area contributed by atoms with Gasteiger partial charge in [0.05, 0.1) is 18.2 Å². The van der Waals surface area contributed by atoms with Crippen LogP contribution >= 0.6 is 0 Å². The van der Waals surface area contributed by atoms with Crippen molar-refractivity contribution >= 4 is 11.6 Å². The topological polar surface area (TPSA) is 91.2 Å². The van der Waals surface area contributed by atoms with Gasteiger partial charge in [-0.25, -0.2) is 10.9 Å². The van der Waals surface area contributed by atoms with Crippen LogP contribution in [0.15, 0.2) is 60.7 Å². The highest BCUT2D eigenvalue weighted by atomic mass is 16.2. The van der Waals surface area contributed by atoms with Crippen molar-refractivity contribution < 1.29 is 4.79 Å². The Morgan fingerprint density at radius 3 is 2.35 bits per heavy atom. The molecule has 6 N–H and O–H groups in total. The lowest BCUT2D eigenvalue weighted by Gasteiger charge is -2.21. The fraction of sp³-hybridized carbons (Fsp3) is 0.235. The second-order valence-corrected chi connectivity index (χ2v) is 5.54. The molecule has 0 saturated carbocycles. The van der Waals surface area contributed by atoms with E-state index in [4.69, 9.17) is 5.73 Å². The Morgan fingerprint density at radius 2 is 1.65 bits per heavy atom.